The van der Waals surface area contributed by atoms with Crippen LogP contribution < -0.4 is 4.90 Å². The van der Waals surface area contributed by atoms with E-state index in [4.69, 9.17) is 4.42 Å². The van der Waals surface area contributed by atoms with E-state index in [1.54, 1.807) is 11.2 Å². The fourth-order valence-electron chi connectivity index (χ4n) is 4.21. The number of Topliss-reactive ketones (excluding diaryl/α,β-unsaturated/α-hetero) is 1. The van der Waals surface area contributed by atoms with Crippen molar-refractivity contribution in [3.05, 3.63) is 65.3 Å². The molecule has 4 rings (SSSR count). The highest BCUT2D eigenvalue weighted by atomic mass is 16.3. The number of aryl methyl sites for hydroxylation is 1. The molecular weight excluding hydrogens is 326 g/mol. The van der Waals surface area contributed by atoms with Gasteiger partial charge in [-0.3, -0.25) is 14.5 Å². The van der Waals surface area contributed by atoms with Crippen molar-refractivity contribution in [3.63, 3.8) is 0 Å². The van der Waals surface area contributed by atoms with Gasteiger partial charge >= 0.3 is 0 Å². The van der Waals surface area contributed by atoms with Crippen molar-refractivity contribution in [2.75, 3.05) is 4.90 Å². The van der Waals surface area contributed by atoms with Gasteiger partial charge in [-0.2, -0.15) is 0 Å². The van der Waals surface area contributed by atoms with Crippen molar-refractivity contribution in [1.82, 2.24) is 0 Å². The van der Waals surface area contributed by atoms with Crippen molar-refractivity contribution in [2.24, 2.45) is 5.41 Å². The van der Waals surface area contributed by atoms with Crippen LogP contribution in [0.2, 0.25) is 0 Å². The van der Waals surface area contributed by atoms with Crippen molar-refractivity contribution in [3.8, 4) is 0 Å². The summed E-state index contributed by atoms with van der Waals surface area (Å²) < 4.78 is 5.57. The van der Waals surface area contributed by atoms with Gasteiger partial charge in [0.15, 0.2) is 5.78 Å². The molecule has 1 amide bonds. The Morgan fingerprint density at radius 3 is 2.62 bits per heavy atom. The molecule has 0 radical (unpaired) electrons. The third kappa shape index (κ3) is 2.79. The lowest BCUT2D eigenvalue weighted by Gasteiger charge is -2.42. The number of allylic oxidation sites excluding steroid dienone is 2. The number of furan rings is 1. The number of anilines is 1. The van der Waals surface area contributed by atoms with E-state index in [0.29, 0.717) is 18.6 Å². The first-order valence-corrected chi connectivity index (χ1v) is 9.05. The second kappa shape index (κ2) is 5.97. The predicted molar refractivity (Wildman–Crippen MR) is 99.8 cm³/mol. The number of benzene rings is 1. The molecule has 2 heterocycles. The number of carbonyl (C=O) groups excluding carboxylic acids is 2. The largest absolute Gasteiger partial charge is 0.469 e. The Morgan fingerprint density at radius 1 is 1.12 bits per heavy atom. The molecule has 1 aromatic carbocycles. The second-order valence-corrected chi connectivity index (χ2v) is 8.14. The van der Waals surface area contributed by atoms with Crippen molar-refractivity contribution in [2.45, 2.75) is 46.0 Å². The summed E-state index contributed by atoms with van der Waals surface area (Å²) in [6.07, 6.45) is 3.06. The zero-order valence-electron chi connectivity index (χ0n) is 15.4. The zero-order chi connectivity index (χ0) is 18.5. The highest BCUT2D eigenvalue weighted by molar-refractivity contribution is 6.07. The van der Waals surface area contributed by atoms with Crippen LogP contribution >= 0.6 is 0 Å². The second-order valence-electron chi connectivity index (χ2n) is 8.14. The van der Waals surface area contributed by atoms with E-state index in [2.05, 4.69) is 13.8 Å². The standard InChI is InChI=1S/C22H23NO3/c1-14-6-4-7-15(10-14)23-17-12-22(2,3)13-18(24)21(17)16(11-20(23)25)19-8-5-9-26-19/h4-10,16H,11-13H2,1-3H3. The molecule has 0 bridgehead atoms. The van der Waals surface area contributed by atoms with Crippen LogP contribution in [0.4, 0.5) is 5.69 Å². The molecular formula is C22H23NO3. The van der Waals surface area contributed by atoms with Crippen LogP contribution in [0.25, 0.3) is 0 Å². The van der Waals surface area contributed by atoms with Crippen LogP contribution in [-0.2, 0) is 9.59 Å². The van der Waals surface area contributed by atoms with Gasteiger partial charge in [-0.05, 0) is 48.6 Å². The summed E-state index contributed by atoms with van der Waals surface area (Å²) in [4.78, 5) is 28.0. The molecule has 26 heavy (non-hydrogen) atoms. The number of nitrogens with zero attached hydrogens (tertiary/aromatic N) is 1. The third-order valence-corrected chi connectivity index (χ3v) is 5.29. The lowest BCUT2D eigenvalue weighted by molar-refractivity contribution is -0.121. The van der Waals surface area contributed by atoms with Crippen LogP contribution in [0.15, 0.2) is 58.3 Å². The summed E-state index contributed by atoms with van der Waals surface area (Å²) in [7, 11) is 0. The van der Waals surface area contributed by atoms with Gasteiger partial charge in [0.2, 0.25) is 5.91 Å². The van der Waals surface area contributed by atoms with Crippen molar-refractivity contribution >= 4 is 17.4 Å². The molecule has 0 saturated carbocycles. The Morgan fingerprint density at radius 2 is 1.92 bits per heavy atom. The first kappa shape index (κ1) is 16.8. The van der Waals surface area contributed by atoms with Gasteiger partial charge in [0.05, 0.1) is 12.2 Å². The topological polar surface area (TPSA) is 50.5 Å². The first-order chi connectivity index (χ1) is 12.4. The molecule has 1 aromatic heterocycles. The van der Waals surface area contributed by atoms with Crippen LogP contribution in [0.3, 0.4) is 0 Å². The number of hydrogen-bond donors (Lipinski definition) is 0. The van der Waals surface area contributed by atoms with Gasteiger partial charge in [-0.1, -0.05) is 26.0 Å². The highest BCUT2D eigenvalue weighted by Crippen LogP contribution is 2.48. The van der Waals surface area contributed by atoms with E-state index >= 15 is 0 Å². The number of rotatable bonds is 2. The Labute approximate surface area is 153 Å². The number of ketones is 1. The van der Waals surface area contributed by atoms with Crippen molar-refractivity contribution < 1.29 is 14.0 Å². The average Bonchev–Trinajstić information content (AvgIpc) is 3.06. The number of carbonyl (C=O) groups is 2. The Bertz CT molecular complexity index is 905. The molecule has 4 nitrogen and oxygen atoms in total. The summed E-state index contributed by atoms with van der Waals surface area (Å²) in [6.45, 7) is 6.18. The van der Waals surface area contributed by atoms with Crippen LogP contribution in [0.1, 0.15) is 50.4 Å². The lowest BCUT2D eigenvalue weighted by atomic mass is 9.70. The molecule has 2 aromatic rings. The normalized spacial score (nSPS) is 22.6. The molecule has 134 valence electrons. The molecule has 1 aliphatic carbocycles. The molecule has 1 aliphatic heterocycles. The van der Waals surface area contributed by atoms with E-state index in [9.17, 15) is 9.59 Å². The van der Waals surface area contributed by atoms with Gasteiger partial charge in [-0.25, -0.2) is 0 Å². The van der Waals surface area contributed by atoms with E-state index in [-0.39, 0.29) is 29.4 Å². The molecule has 0 N–H and O–H groups in total. The Hall–Kier alpha value is -2.62. The molecule has 0 spiro atoms. The summed E-state index contributed by atoms with van der Waals surface area (Å²) in [6, 6.07) is 11.6. The van der Waals surface area contributed by atoms with Crippen LogP contribution in [0, 0.1) is 12.3 Å². The van der Waals surface area contributed by atoms with E-state index < -0.39 is 0 Å². The van der Waals surface area contributed by atoms with E-state index in [1.807, 2.05) is 43.3 Å². The minimum Gasteiger partial charge on any atom is -0.469 e. The number of hydrogen-bond acceptors (Lipinski definition) is 3. The lowest BCUT2D eigenvalue weighted by Crippen LogP contribution is -2.43. The minimum atomic E-state index is -0.280. The van der Waals surface area contributed by atoms with Crippen LogP contribution in [0.5, 0.6) is 0 Å². The monoisotopic (exact) mass is 349 g/mol. The number of amides is 1. The Kier molecular flexibility index (Phi) is 3.87. The average molecular weight is 349 g/mol. The van der Waals surface area contributed by atoms with E-state index in [1.165, 1.54) is 0 Å². The third-order valence-electron chi connectivity index (χ3n) is 5.29. The summed E-state index contributed by atoms with van der Waals surface area (Å²) in [5, 5.41) is 0. The molecule has 0 fully saturated rings. The summed E-state index contributed by atoms with van der Waals surface area (Å²) in [5.41, 5.74) is 3.36. The van der Waals surface area contributed by atoms with Crippen molar-refractivity contribution in [1.29, 1.82) is 0 Å². The highest BCUT2D eigenvalue weighted by Gasteiger charge is 2.45. The van der Waals surface area contributed by atoms with Gasteiger partial charge in [0.25, 0.3) is 0 Å². The molecule has 1 unspecified atom stereocenters. The first-order valence-electron chi connectivity index (χ1n) is 9.05. The minimum absolute atomic E-state index is 0.0150. The molecule has 0 saturated heterocycles. The Balaban J connectivity index is 1.91. The van der Waals surface area contributed by atoms with Gasteiger partial charge in [0.1, 0.15) is 5.76 Å². The van der Waals surface area contributed by atoms with Crippen LogP contribution in [-0.4, -0.2) is 11.7 Å². The maximum Gasteiger partial charge on any atom is 0.232 e. The van der Waals surface area contributed by atoms with E-state index in [0.717, 1.165) is 22.5 Å². The van der Waals surface area contributed by atoms with Gasteiger partial charge < -0.3 is 4.42 Å². The summed E-state index contributed by atoms with van der Waals surface area (Å²) in [5.74, 6) is 0.559. The SMILES string of the molecule is Cc1cccc(N2C(=O)CC(c3ccco3)C3=C2CC(C)(C)CC3=O)c1. The quantitative estimate of drug-likeness (QED) is 0.786. The van der Waals surface area contributed by atoms with Gasteiger partial charge in [0, 0.05) is 29.8 Å². The molecule has 4 heteroatoms. The smallest absolute Gasteiger partial charge is 0.232 e. The molecule has 1 atom stereocenters. The maximum atomic E-state index is 13.1. The summed E-state index contributed by atoms with van der Waals surface area (Å²) >= 11 is 0. The zero-order valence-corrected chi connectivity index (χ0v) is 15.4. The maximum absolute atomic E-state index is 13.1. The molecule has 2 aliphatic rings. The predicted octanol–water partition coefficient (Wildman–Crippen LogP) is 4.75. The fraction of sp³-hybridized carbons (Fsp3) is 0.364. The fourth-order valence-corrected chi connectivity index (χ4v) is 4.21. The van der Waals surface area contributed by atoms with Gasteiger partial charge in [-0.15, -0.1) is 0 Å².